The maximum absolute atomic E-state index is 13.1. The molecule has 3 aromatic carbocycles. The number of hydrogen-bond acceptors (Lipinski definition) is 7. The van der Waals surface area contributed by atoms with Crippen molar-refractivity contribution in [1.82, 2.24) is 4.90 Å². The Morgan fingerprint density at radius 3 is 2.48 bits per heavy atom. The third-order valence-corrected chi connectivity index (χ3v) is 8.66. The predicted octanol–water partition coefficient (Wildman–Crippen LogP) is 4.98. The molecule has 0 aromatic heterocycles. The third kappa shape index (κ3) is 5.99. The molecule has 3 N–H and O–H groups in total. The van der Waals surface area contributed by atoms with E-state index in [-0.39, 0.29) is 30.8 Å². The Balaban J connectivity index is 1.08. The number of likely N-dealkylation sites (N-methyl/N-ethyl adjacent to an activating group) is 1. The molecule has 9 heteroatoms. The number of nitrogens with one attached hydrogen (secondary N) is 2. The molecule has 0 aliphatic carbocycles. The highest BCUT2D eigenvalue weighted by molar-refractivity contribution is 5.92. The number of ether oxygens (including phenoxy) is 3. The highest BCUT2D eigenvalue weighted by atomic mass is 16.6. The summed E-state index contributed by atoms with van der Waals surface area (Å²) in [6.45, 7) is -0.135. The first kappa shape index (κ1) is 28.2. The molecule has 3 aliphatic rings. The summed E-state index contributed by atoms with van der Waals surface area (Å²) >= 11 is 0. The average Bonchev–Trinajstić information content (AvgIpc) is 3.76. The van der Waals surface area contributed by atoms with Crippen LogP contribution in [-0.2, 0) is 27.3 Å². The number of methoxy groups -OCH3 is 1. The van der Waals surface area contributed by atoms with Gasteiger partial charge in [-0.1, -0.05) is 48.5 Å². The molecule has 0 saturated carbocycles. The topological polar surface area (TPSA) is 113 Å². The summed E-state index contributed by atoms with van der Waals surface area (Å²) in [5, 5.41) is 15.3. The summed E-state index contributed by atoms with van der Waals surface area (Å²) in [7, 11) is 3.66. The molecule has 2 amide bonds. The SMILES string of the molecule is COc1cc(NC(=O)CCCc2ccc(-c3ccccc3)c(NC(=O)OC3C[C@H]4[C@@H]5O[C@@H]5[C@H](C3)N4C)c2)ccc1CO. The molecular weight excluding hydrogens is 534 g/mol. The minimum Gasteiger partial charge on any atom is -0.496 e. The summed E-state index contributed by atoms with van der Waals surface area (Å²) in [6, 6.07) is 21.8. The van der Waals surface area contributed by atoms with Gasteiger partial charge in [-0.05, 0) is 43.1 Å². The number of aliphatic hydroxyl groups excluding tert-OH is 1. The molecule has 5 atom stereocenters. The van der Waals surface area contributed by atoms with Crippen LogP contribution in [0.15, 0.2) is 66.7 Å². The Bertz CT molecular complexity index is 1430. The molecule has 1 unspecified atom stereocenters. The summed E-state index contributed by atoms with van der Waals surface area (Å²) in [5.74, 6) is 0.424. The van der Waals surface area contributed by atoms with E-state index in [4.69, 9.17) is 14.2 Å². The lowest BCUT2D eigenvalue weighted by Crippen LogP contribution is -2.48. The van der Waals surface area contributed by atoms with E-state index in [0.29, 0.717) is 54.0 Å². The molecule has 0 radical (unpaired) electrons. The van der Waals surface area contributed by atoms with E-state index in [1.165, 1.54) is 7.11 Å². The zero-order chi connectivity index (χ0) is 29.2. The Morgan fingerprint density at radius 1 is 1.00 bits per heavy atom. The number of fused-ring (bicyclic) bond motifs is 5. The summed E-state index contributed by atoms with van der Waals surface area (Å²) in [5.41, 5.74) is 4.89. The van der Waals surface area contributed by atoms with Gasteiger partial charge in [0, 0.05) is 54.2 Å². The van der Waals surface area contributed by atoms with Crippen LogP contribution < -0.4 is 15.4 Å². The number of morpholine rings is 1. The molecule has 6 rings (SSSR count). The van der Waals surface area contributed by atoms with Crippen molar-refractivity contribution in [1.29, 1.82) is 0 Å². The van der Waals surface area contributed by atoms with Crippen LogP contribution in [0.2, 0.25) is 0 Å². The van der Waals surface area contributed by atoms with Crippen LogP contribution >= 0.6 is 0 Å². The van der Waals surface area contributed by atoms with Crippen LogP contribution in [0.3, 0.4) is 0 Å². The van der Waals surface area contributed by atoms with Gasteiger partial charge in [0.15, 0.2) is 0 Å². The van der Waals surface area contributed by atoms with Crippen molar-refractivity contribution in [3.63, 3.8) is 0 Å². The Morgan fingerprint density at radius 2 is 1.76 bits per heavy atom. The number of aryl methyl sites for hydroxylation is 1. The van der Waals surface area contributed by atoms with Gasteiger partial charge in [0.2, 0.25) is 5.91 Å². The van der Waals surface area contributed by atoms with Crippen molar-refractivity contribution in [2.75, 3.05) is 24.8 Å². The molecule has 3 aromatic rings. The van der Waals surface area contributed by atoms with Crippen molar-refractivity contribution in [3.8, 4) is 16.9 Å². The normalized spacial score (nSPS) is 24.0. The molecule has 3 fully saturated rings. The van der Waals surface area contributed by atoms with E-state index in [1.807, 2.05) is 48.5 Å². The van der Waals surface area contributed by atoms with Gasteiger partial charge >= 0.3 is 6.09 Å². The molecule has 42 heavy (non-hydrogen) atoms. The maximum Gasteiger partial charge on any atom is 0.411 e. The number of benzene rings is 3. The van der Waals surface area contributed by atoms with Gasteiger partial charge in [-0.2, -0.15) is 0 Å². The zero-order valence-electron chi connectivity index (χ0n) is 23.9. The summed E-state index contributed by atoms with van der Waals surface area (Å²) in [4.78, 5) is 28.1. The molecule has 220 valence electrons. The van der Waals surface area contributed by atoms with Gasteiger partial charge in [0.1, 0.15) is 24.1 Å². The number of nitrogens with zero attached hydrogens (tertiary/aromatic N) is 1. The predicted molar refractivity (Wildman–Crippen MR) is 159 cm³/mol. The average molecular weight is 572 g/mol. The van der Waals surface area contributed by atoms with Crippen LogP contribution in [0.5, 0.6) is 5.75 Å². The highest BCUT2D eigenvalue weighted by Gasteiger charge is 2.62. The summed E-state index contributed by atoms with van der Waals surface area (Å²) in [6.07, 6.45) is 3.20. The number of rotatable bonds is 10. The quantitative estimate of drug-likeness (QED) is 0.294. The van der Waals surface area contributed by atoms with Gasteiger partial charge in [0.25, 0.3) is 0 Å². The zero-order valence-corrected chi connectivity index (χ0v) is 23.9. The van der Waals surface area contributed by atoms with Crippen LogP contribution in [-0.4, -0.2) is 66.6 Å². The molecule has 9 nitrogen and oxygen atoms in total. The molecule has 3 saturated heterocycles. The van der Waals surface area contributed by atoms with Gasteiger partial charge in [0.05, 0.1) is 19.4 Å². The number of epoxide rings is 1. The van der Waals surface area contributed by atoms with E-state index in [1.54, 1.807) is 18.2 Å². The Kier molecular flexibility index (Phi) is 8.15. The number of carbonyl (C=O) groups is 2. The van der Waals surface area contributed by atoms with Gasteiger partial charge in [-0.25, -0.2) is 4.79 Å². The van der Waals surface area contributed by atoms with E-state index < -0.39 is 6.09 Å². The molecule has 2 bridgehead atoms. The number of anilines is 2. The molecule has 3 aliphatic heterocycles. The molecule has 3 heterocycles. The maximum atomic E-state index is 13.1. The van der Waals surface area contributed by atoms with Crippen LogP contribution in [0.1, 0.15) is 36.8 Å². The highest BCUT2D eigenvalue weighted by Crippen LogP contribution is 2.48. The fourth-order valence-corrected chi connectivity index (χ4v) is 6.44. The van der Waals surface area contributed by atoms with E-state index in [2.05, 4.69) is 22.6 Å². The summed E-state index contributed by atoms with van der Waals surface area (Å²) < 4.78 is 17.0. The second-order valence-corrected chi connectivity index (χ2v) is 11.3. The van der Waals surface area contributed by atoms with Crippen molar-refractivity contribution < 1.29 is 28.9 Å². The van der Waals surface area contributed by atoms with Gasteiger partial charge < -0.3 is 24.6 Å². The van der Waals surface area contributed by atoms with Crippen LogP contribution in [0, 0.1) is 0 Å². The first-order chi connectivity index (χ1) is 20.4. The second kappa shape index (κ2) is 12.1. The molecule has 0 spiro atoms. The second-order valence-electron chi connectivity index (χ2n) is 11.3. The minimum atomic E-state index is -0.449. The lowest BCUT2D eigenvalue weighted by molar-refractivity contribution is -0.116. The Labute approximate surface area is 245 Å². The number of hydrogen-bond donors (Lipinski definition) is 3. The lowest BCUT2D eigenvalue weighted by atomic mass is 9.99. The van der Waals surface area contributed by atoms with Gasteiger partial charge in [-0.3, -0.25) is 15.0 Å². The monoisotopic (exact) mass is 571 g/mol. The van der Waals surface area contributed by atoms with Crippen molar-refractivity contribution >= 4 is 23.4 Å². The van der Waals surface area contributed by atoms with Gasteiger partial charge in [-0.15, -0.1) is 0 Å². The van der Waals surface area contributed by atoms with Crippen molar-refractivity contribution in [2.45, 2.75) is 69.1 Å². The van der Waals surface area contributed by atoms with E-state index in [0.717, 1.165) is 29.5 Å². The largest absolute Gasteiger partial charge is 0.496 e. The Hall–Kier alpha value is -3.92. The van der Waals surface area contributed by atoms with Crippen LogP contribution in [0.25, 0.3) is 11.1 Å². The standard InChI is InChI=1S/C33H37N3O6/c1-36-27-17-24(18-28(36)32-31(27)42-32)41-33(39)35-26-15-20(11-14-25(26)21-8-4-3-5-9-21)7-6-10-30(38)34-23-13-12-22(19-37)29(16-23)40-2/h3-5,8-9,11-16,24,27-28,31-32,37H,6-7,10,17-19H2,1-2H3,(H,34,38)(H,35,39)/t24?,27-,28-,31-,32+/m0/s1. The first-order valence-corrected chi connectivity index (χ1v) is 14.5. The first-order valence-electron chi connectivity index (χ1n) is 14.5. The number of aliphatic hydroxyl groups is 1. The lowest BCUT2D eigenvalue weighted by Gasteiger charge is -2.37. The smallest absolute Gasteiger partial charge is 0.411 e. The van der Waals surface area contributed by atoms with Crippen LogP contribution in [0.4, 0.5) is 16.2 Å². The molecular formula is C33H37N3O6. The number of amides is 2. The van der Waals surface area contributed by atoms with Crippen molar-refractivity contribution in [3.05, 3.63) is 77.9 Å². The fraction of sp³-hybridized carbons (Fsp3) is 0.394. The minimum absolute atomic E-state index is 0.105. The third-order valence-electron chi connectivity index (χ3n) is 8.66. The van der Waals surface area contributed by atoms with E-state index in [9.17, 15) is 14.7 Å². The van der Waals surface area contributed by atoms with Crippen molar-refractivity contribution in [2.24, 2.45) is 0 Å². The van der Waals surface area contributed by atoms with E-state index >= 15 is 0 Å². The number of piperidine rings is 1. The fourth-order valence-electron chi connectivity index (χ4n) is 6.44. The number of carbonyl (C=O) groups excluding carboxylic acids is 2.